The van der Waals surface area contributed by atoms with Crippen LogP contribution in [-0.2, 0) is 4.79 Å². The van der Waals surface area contributed by atoms with Crippen LogP contribution < -0.4 is 5.73 Å². The normalized spacial score (nSPS) is 27.5. The van der Waals surface area contributed by atoms with E-state index in [0.717, 1.165) is 19.4 Å². The lowest BCUT2D eigenvalue weighted by atomic mass is 9.79. The summed E-state index contributed by atoms with van der Waals surface area (Å²) in [6, 6.07) is 0.393. The summed E-state index contributed by atoms with van der Waals surface area (Å²) in [5, 5.41) is 0. The van der Waals surface area contributed by atoms with Crippen molar-refractivity contribution >= 4 is 5.91 Å². The van der Waals surface area contributed by atoms with Gasteiger partial charge in [-0.3, -0.25) is 4.79 Å². The van der Waals surface area contributed by atoms with E-state index in [4.69, 9.17) is 5.73 Å². The van der Waals surface area contributed by atoms with Gasteiger partial charge in [0.2, 0.25) is 5.91 Å². The molecular formula is C9H16N2O. The van der Waals surface area contributed by atoms with Crippen LogP contribution in [0.25, 0.3) is 0 Å². The molecule has 1 aliphatic carbocycles. The van der Waals surface area contributed by atoms with Crippen LogP contribution in [-0.4, -0.2) is 30.4 Å². The molecule has 1 fully saturated rings. The Hall–Kier alpha value is -0.830. The van der Waals surface area contributed by atoms with Crippen molar-refractivity contribution in [1.29, 1.82) is 0 Å². The van der Waals surface area contributed by atoms with Gasteiger partial charge in [-0.2, -0.15) is 0 Å². The van der Waals surface area contributed by atoms with E-state index in [-0.39, 0.29) is 5.91 Å². The lowest BCUT2D eigenvalue weighted by Gasteiger charge is -2.40. The zero-order valence-electron chi connectivity index (χ0n) is 7.49. The molecule has 68 valence electrons. The molecule has 0 aromatic carbocycles. The van der Waals surface area contributed by atoms with Crippen molar-refractivity contribution in [3.63, 3.8) is 0 Å². The minimum atomic E-state index is 0.00970. The third-order valence-corrected chi connectivity index (χ3v) is 2.61. The van der Waals surface area contributed by atoms with Gasteiger partial charge in [-0.1, -0.05) is 6.58 Å². The Morgan fingerprint density at radius 2 is 2.33 bits per heavy atom. The van der Waals surface area contributed by atoms with Crippen LogP contribution >= 0.6 is 0 Å². The Balaban J connectivity index is 2.32. The number of hydrogen-bond acceptors (Lipinski definition) is 2. The minimum Gasteiger partial charge on any atom is -0.339 e. The molecule has 0 saturated heterocycles. The van der Waals surface area contributed by atoms with Gasteiger partial charge in [-0.15, -0.1) is 0 Å². The molecule has 0 atom stereocenters. The molecule has 1 amide bonds. The van der Waals surface area contributed by atoms with Gasteiger partial charge in [0.05, 0.1) is 0 Å². The van der Waals surface area contributed by atoms with Gasteiger partial charge in [0, 0.05) is 13.1 Å². The Bertz CT molecular complexity index is 185. The fraction of sp³-hybridized carbons (Fsp3) is 0.667. The molecule has 3 nitrogen and oxygen atoms in total. The highest BCUT2D eigenvalue weighted by Gasteiger charge is 2.32. The Kier molecular flexibility index (Phi) is 2.87. The van der Waals surface area contributed by atoms with Crippen molar-refractivity contribution in [3.05, 3.63) is 12.7 Å². The lowest BCUT2D eigenvalue weighted by Crippen LogP contribution is -2.46. The number of rotatable bonds is 3. The van der Waals surface area contributed by atoms with E-state index in [2.05, 4.69) is 6.58 Å². The first-order valence-electron chi connectivity index (χ1n) is 4.28. The number of carbonyl (C=O) groups excluding carboxylic acids is 1. The summed E-state index contributed by atoms with van der Waals surface area (Å²) in [7, 11) is 1.82. The molecule has 0 aromatic heterocycles. The highest BCUT2D eigenvalue weighted by molar-refractivity contribution is 5.87. The predicted molar refractivity (Wildman–Crippen MR) is 48.5 cm³/mol. The summed E-state index contributed by atoms with van der Waals surface area (Å²) in [5.41, 5.74) is 5.48. The summed E-state index contributed by atoms with van der Waals surface area (Å²) in [4.78, 5) is 12.9. The molecule has 0 unspecified atom stereocenters. The molecule has 3 heteroatoms. The number of carbonyl (C=O) groups is 1. The SMILES string of the molecule is C=CC(=O)N(C)C1CC(CN)C1. The zero-order chi connectivity index (χ0) is 9.14. The molecule has 2 N–H and O–H groups in total. The Morgan fingerprint density at radius 1 is 1.75 bits per heavy atom. The quantitative estimate of drug-likeness (QED) is 0.619. The lowest BCUT2D eigenvalue weighted by molar-refractivity contribution is -0.129. The average molecular weight is 168 g/mol. The van der Waals surface area contributed by atoms with Gasteiger partial charge in [-0.05, 0) is 31.4 Å². The van der Waals surface area contributed by atoms with Crippen molar-refractivity contribution in [2.45, 2.75) is 18.9 Å². The fourth-order valence-corrected chi connectivity index (χ4v) is 1.53. The molecular weight excluding hydrogens is 152 g/mol. The molecule has 1 rings (SSSR count). The molecule has 1 saturated carbocycles. The average Bonchev–Trinajstić information content (AvgIpc) is 2.01. The van der Waals surface area contributed by atoms with Gasteiger partial charge in [0.15, 0.2) is 0 Å². The first-order valence-corrected chi connectivity index (χ1v) is 4.28. The smallest absolute Gasteiger partial charge is 0.245 e. The van der Waals surface area contributed by atoms with Gasteiger partial charge >= 0.3 is 0 Å². The molecule has 0 aliphatic heterocycles. The molecule has 0 radical (unpaired) electrons. The highest BCUT2D eigenvalue weighted by Crippen LogP contribution is 2.29. The molecule has 0 heterocycles. The molecule has 1 aliphatic rings. The van der Waals surface area contributed by atoms with E-state index in [1.165, 1.54) is 6.08 Å². The molecule has 0 spiro atoms. The summed E-state index contributed by atoms with van der Waals surface area (Å²) in [5.74, 6) is 0.630. The van der Waals surface area contributed by atoms with E-state index < -0.39 is 0 Å². The Labute approximate surface area is 73.2 Å². The second-order valence-electron chi connectivity index (χ2n) is 3.38. The summed E-state index contributed by atoms with van der Waals surface area (Å²) < 4.78 is 0. The van der Waals surface area contributed by atoms with E-state index in [1.54, 1.807) is 4.90 Å². The van der Waals surface area contributed by atoms with Crippen LogP contribution in [0.1, 0.15) is 12.8 Å². The largest absolute Gasteiger partial charge is 0.339 e. The summed E-state index contributed by atoms with van der Waals surface area (Å²) >= 11 is 0. The van der Waals surface area contributed by atoms with E-state index in [1.807, 2.05) is 7.05 Å². The van der Waals surface area contributed by atoms with E-state index in [9.17, 15) is 4.79 Å². The second-order valence-corrected chi connectivity index (χ2v) is 3.38. The van der Waals surface area contributed by atoms with Crippen LogP contribution in [0.4, 0.5) is 0 Å². The van der Waals surface area contributed by atoms with Crippen LogP contribution in [0.3, 0.4) is 0 Å². The maximum atomic E-state index is 11.1. The summed E-state index contributed by atoms with van der Waals surface area (Å²) in [6.07, 6.45) is 3.45. The van der Waals surface area contributed by atoms with Crippen molar-refractivity contribution in [1.82, 2.24) is 4.90 Å². The molecule has 0 aromatic rings. The van der Waals surface area contributed by atoms with Crippen molar-refractivity contribution in [3.8, 4) is 0 Å². The maximum absolute atomic E-state index is 11.1. The van der Waals surface area contributed by atoms with Crippen LogP contribution in [0.5, 0.6) is 0 Å². The van der Waals surface area contributed by atoms with Gasteiger partial charge < -0.3 is 10.6 Å². The third kappa shape index (κ3) is 1.67. The summed E-state index contributed by atoms with van der Waals surface area (Å²) in [6.45, 7) is 4.19. The number of hydrogen-bond donors (Lipinski definition) is 1. The molecule has 12 heavy (non-hydrogen) atoms. The number of nitrogens with two attached hydrogens (primary N) is 1. The van der Waals surface area contributed by atoms with Crippen molar-refractivity contribution < 1.29 is 4.79 Å². The van der Waals surface area contributed by atoms with E-state index in [0.29, 0.717) is 12.0 Å². The van der Waals surface area contributed by atoms with Crippen molar-refractivity contribution in [2.24, 2.45) is 11.7 Å². The zero-order valence-corrected chi connectivity index (χ0v) is 7.49. The number of amides is 1. The first-order chi connectivity index (χ1) is 5.69. The van der Waals surface area contributed by atoms with Crippen LogP contribution in [0.15, 0.2) is 12.7 Å². The van der Waals surface area contributed by atoms with Crippen LogP contribution in [0, 0.1) is 5.92 Å². The number of likely N-dealkylation sites (N-methyl/N-ethyl adjacent to an activating group) is 1. The van der Waals surface area contributed by atoms with Crippen LogP contribution in [0.2, 0.25) is 0 Å². The van der Waals surface area contributed by atoms with Gasteiger partial charge in [0.25, 0.3) is 0 Å². The first kappa shape index (κ1) is 9.26. The second kappa shape index (κ2) is 3.72. The number of nitrogens with zero attached hydrogens (tertiary/aromatic N) is 1. The monoisotopic (exact) mass is 168 g/mol. The minimum absolute atomic E-state index is 0.00970. The van der Waals surface area contributed by atoms with Crippen molar-refractivity contribution in [2.75, 3.05) is 13.6 Å². The van der Waals surface area contributed by atoms with E-state index >= 15 is 0 Å². The predicted octanol–water partition coefficient (Wildman–Crippen LogP) is 0.368. The fourth-order valence-electron chi connectivity index (χ4n) is 1.53. The highest BCUT2D eigenvalue weighted by atomic mass is 16.2. The van der Waals surface area contributed by atoms with Gasteiger partial charge in [-0.25, -0.2) is 0 Å². The van der Waals surface area contributed by atoms with Gasteiger partial charge in [0.1, 0.15) is 0 Å². The Morgan fingerprint density at radius 3 is 2.75 bits per heavy atom. The standard InChI is InChI=1S/C9H16N2O/c1-3-9(12)11(2)8-4-7(5-8)6-10/h3,7-8H,1,4-6,10H2,2H3. The maximum Gasteiger partial charge on any atom is 0.245 e. The third-order valence-electron chi connectivity index (χ3n) is 2.61. The molecule has 0 bridgehead atoms. The topological polar surface area (TPSA) is 46.3 Å².